The molecule has 0 saturated carbocycles. The maximum absolute atomic E-state index is 12.9. The fraction of sp³-hybridized carbons (Fsp3) is 0.350. The van der Waals surface area contributed by atoms with Gasteiger partial charge in [-0.15, -0.1) is 13.2 Å². The number of amides is 2. The molecule has 5 nitrogen and oxygen atoms in total. The molecule has 0 bridgehead atoms. The van der Waals surface area contributed by atoms with Crippen molar-refractivity contribution in [1.29, 1.82) is 0 Å². The first-order chi connectivity index (χ1) is 14.5. The Kier molecular flexibility index (Phi) is 6.51. The fourth-order valence-corrected chi connectivity index (χ4v) is 3.20. The summed E-state index contributed by atoms with van der Waals surface area (Å²) in [5.41, 5.74) is -0.172. The first-order valence-electron chi connectivity index (χ1n) is 9.31. The molecule has 0 atom stereocenters. The van der Waals surface area contributed by atoms with Gasteiger partial charge >= 0.3 is 18.6 Å². The fourth-order valence-electron chi connectivity index (χ4n) is 3.20. The van der Waals surface area contributed by atoms with Gasteiger partial charge in [0.2, 0.25) is 0 Å². The van der Waals surface area contributed by atoms with Gasteiger partial charge in [-0.3, -0.25) is 0 Å². The van der Waals surface area contributed by atoms with Crippen molar-refractivity contribution in [3.05, 3.63) is 59.7 Å². The van der Waals surface area contributed by atoms with Gasteiger partial charge in [0.25, 0.3) is 0 Å². The molecule has 0 unspecified atom stereocenters. The molecule has 1 aliphatic heterocycles. The van der Waals surface area contributed by atoms with Gasteiger partial charge in [-0.25, -0.2) is 4.79 Å². The van der Waals surface area contributed by atoms with Crippen molar-refractivity contribution in [1.82, 2.24) is 10.2 Å². The van der Waals surface area contributed by atoms with Crippen LogP contribution in [0.2, 0.25) is 0 Å². The summed E-state index contributed by atoms with van der Waals surface area (Å²) in [5, 5.41) is 2.55. The maximum Gasteiger partial charge on any atom is 0.573 e. The van der Waals surface area contributed by atoms with E-state index in [0.29, 0.717) is 18.8 Å². The van der Waals surface area contributed by atoms with Crippen molar-refractivity contribution in [3.8, 4) is 5.75 Å². The van der Waals surface area contributed by atoms with Gasteiger partial charge in [0.1, 0.15) is 5.75 Å². The summed E-state index contributed by atoms with van der Waals surface area (Å²) in [4.78, 5) is 15.6. The number of alkyl halides is 6. The third-order valence-electron chi connectivity index (χ3n) is 4.73. The Morgan fingerprint density at radius 3 is 2.26 bits per heavy atom. The van der Waals surface area contributed by atoms with Gasteiger partial charge in [-0.1, -0.05) is 24.3 Å². The normalized spacial score (nSPS) is 15.0. The molecule has 1 heterocycles. The van der Waals surface area contributed by atoms with E-state index in [1.165, 1.54) is 29.2 Å². The van der Waals surface area contributed by atoms with Gasteiger partial charge in [-0.2, -0.15) is 13.2 Å². The second-order valence-corrected chi connectivity index (χ2v) is 6.84. The lowest BCUT2D eigenvalue weighted by Crippen LogP contribution is -2.51. The number of anilines is 1. The SMILES string of the molecule is O=C(NCc1ccccc1OC(F)(F)F)N1CCN(c2cccc(C(F)(F)F)c2)CC1. The van der Waals surface area contributed by atoms with Crippen LogP contribution < -0.4 is 15.0 Å². The number of carbonyl (C=O) groups excluding carboxylic acids is 1. The molecule has 2 aromatic rings. The molecule has 2 amide bonds. The van der Waals surface area contributed by atoms with Crippen LogP contribution in [0, 0.1) is 0 Å². The van der Waals surface area contributed by atoms with Crippen LogP contribution in [0.5, 0.6) is 5.75 Å². The first-order valence-corrected chi connectivity index (χ1v) is 9.31. The second-order valence-electron chi connectivity index (χ2n) is 6.84. The number of hydrogen-bond acceptors (Lipinski definition) is 3. The Morgan fingerprint density at radius 1 is 0.935 bits per heavy atom. The van der Waals surface area contributed by atoms with Gasteiger partial charge in [0.15, 0.2) is 0 Å². The van der Waals surface area contributed by atoms with Crippen molar-refractivity contribution in [2.75, 3.05) is 31.1 Å². The van der Waals surface area contributed by atoms with Gasteiger partial charge in [0, 0.05) is 44.0 Å². The van der Waals surface area contributed by atoms with E-state index >= 15 is 0 Å². The average molecular weight is 447 g/mol. The summed E-state index contributed by atoms with van der Waals surface area (Å²) < 4.78 is 80.1. The molecule has 1 N–H and O–H groups in total. The van der Waals surface area contributed by atoms with Crippen LogP contribution in [-0.2, 0) is 12.7 Å². The molecule has 0 aromatic heterocycles. The number of halogens is 6. The van der Waals surface area contributed by atoms with Crippen LogP contribution >= 0.6 is 0 Å². The van der Waals surface area contributed by atoms with Gasteiger partial charge < -0.3 is 19.9 Å². The second kappa shape index (κ2) is 8.94. The molecule has 168 valence electrons. The lowest BCUT2D eigenvalue weighted by Gasteiger charge is -2.36. The predicted molar refractivity (Wildman–Crippen MR) is 101 cm³/mol. The number of carbonyl (C=O) groups is 1. The van der Waals surface area contributed by atoms with E-state index in [2.05, 4.69) is 10.1 Å². The quantitative estimate of drug-likeness (QED) is 0.695. The van der Waals surface area contributed by atoms with E-state index in [-0.39, 0.29) is 25.2 Å². The van der Waals surface area contributed by atoms with E-state index in [0.717, 1.165) is 18.2 Å². The van der Waals surface area contributed by atoms with Crippen LogP contribution in [0.15, 0.2) is 48.5 Å². The number of rotatable bonds is 4. The highest BCUT2D eigenvalue weighted by Crippen LogP contribution is 2.32. The average Bonchev–Trinajstić information content (AvgIpc) is 2.71. The van der Waals surface area contributed by atoms with Crippen molar-refractivity contribution >= 4 is 11.7 Å². The van der Waals surface area contributed by atoms with Crippen LogP contribution in [-0.4, -0.2) is 43.5 Å². The van der Waals surface area contributed by atoms with E-state index < -0.39 is 29.9 Å². The number of hydrogen-bond donors (Lipinski definition) is 1. The molecule has 3 rings (SSSR count). The van der Waals surface area contributed by atoms with Gasteiger partial charge in [-0.05, 0) is 24.3 Å². The Balaban J connectivity index is 1.55. The molecule has 1 aliphatic rings. The third-order valence-corrected chi connectivity index (χ3v) is 4.73. The molecule has 2 aromatic carbocycles. The van der Waals surface area contributed by atoms with Crippen molar-refractivity contribution < 1.29 is 35.9 Å². The third kappa shape index (κ3) is 6.19. The first kappa shape index (κ1) is 22.6. The molecule has 0 aliphatic carbocycles. The topological polar surface area (TPSA) is 44.8 Å². The van der Waals surface area contributed by atoms with Crippen LogP contribution in [0.1, 0.15) is 11.1 Å². The molecule has 31 heavy (non-hydrogen) atoms. The zero-order chi connectivity index (χ0) is 22.6. The molecule has 1 fully saturated rings. The zero-order valence-electron chi connectivity index (χ0n) is 16.1. The summed E-state index contributed by atoms with van der Waals surface area (Å²) >= 11 is 0. The Hall–Kier alpha value is -3.11. The van der Waals surface area contributed by atoms with Crippen molar-refractivity contribution in [2.24, 2.45) is 0 Å². The van der Waals surface area contributed by atoms with Crippen LogP contribution in [0.25, 0.3) is 0 Å². The van der Waals surface area contributed by atoms with Gasteiger partial charge in [0.05, 0.1) is 5.56 Å². The van der Waals surface area contributed by atoms with E-state index in [1.54, 1.807) is 11.0 Å². The Morgan fingerprint density at radius 2 is 1.61 bits per heavy atom. The minimum Gasteiger partial charge on any atom is -0.405 e. The largest absolute Gasteiger partial charge is 0.573 e. The highest BCUT2D eigenvalue weighted by Gasteiger charge is 2.32. The summed E-state index contributed by atoms with van der Waals surface area (Å²) in [5.74, 6) is -0.398. The minimum atomic E-state index is -4.85. The lowest BCUT2D eigenvalue weighted by atomic mass is 10.1. The highest BCUT2D eigenvalue weighted by molar-refractivity contribution is 5.74. The van der Waals surface area contributed by atoms with E-state index in [4.69, 9.17) is 0 Å². The lowest BCUT2D eigenvalue weighted by molar-refractivity contribution is -0.274. The van der Waals surface area contributed by atoms with Crippen molar-refractivity contribution in [2.45, 2.75) is 19.1 Å². The minimum absolute atomic E-state index is 0.163. The standard InChI is InChI=1S/C20H19F6N3O2/c21-19(22,23)15-5-3-6-16(12-15)28-8-10-29(11-9-28)18(30)27-13-14-4-1-2-7-17(14)31-20(24,25)26/h1-7,12H,8-11,13H2,(H,27,30). The Labute approximate surface area is 174 Å². The highest BCUT2D eigenvalue weighted by atomic mass is 19.4. The number of nitrogens with one attached hydrogen (secondary N) is 1. The summed E-state index contributed by atoms with van der Waals surface area (Å²) in [6, 6.07) is 9.96. The monoisotopic (exact) mass is 447 g/mol. The molecule has 1 saturated heterocycles. The maximum atomic E-state index is 12.9. The van der Waals surface area contributed by atoms with E-state index in [9.17, 15) is 31.1 Å². The summed E-state index contributed by atoms with van der Waals surface area (Å²) in [7, 11) is 0. The number of piperazine rings is 1. The number of nitrogens with zero attached hydrogens (tertiary/aromatic N) is 2. The molecular formula is C20H19F6N3O2. The Bertz CT molecular complexity index is 908. The summed E-state index contributed by atoms with van der Waals surface area (Å²) in [6.07, 6.45) is -9.29. The molecule has 0 radical (unpaired) electrons. The number of benzene rings is 2. The van der Waals surface area contributed by atoms with E-state index in [1.807, 2.05) is 0 Å². The smallest absolute Gasteiger partial charge is 0.405 e. The summed E-state index contributed by atoms with van der Waals surface area (Å²) in [6.45, 7) is 0.982. The molecule has 11 heteroatoms. The van der Waals surface area contributed by atoms with Crippen molar-refractivity contribution in [3.63, 3.8) is 0 Å². The van der Waals surface area contributed by atoms with Crippen LogP contribution in [0.4, 0.5) is 36.8 Å². The predicted octanol–water partition coefficient (Wildman–Crippen LogP) is 4.64. The number of urea groups is 1. The molecule has 0 spiro atoms. The zero-order valence-corrected chi connectivity index (χ0v) is 16.1. The number of ether oxygens (including phenoxy) is 1. The molecular weight excluding hydrogens is 428 g/mol. The number of para-hydroxylation sites is 1. The van der Waals surface area contributed by atoms with Crippen LogP contribution in [0.3, 0.4) is 0 Å².